The van der Waals surface area contributed by atoms with E-state index in [2.05, 4.69) is 94.1 Å². The minimum Gasteiger partial charge on any atom is -0.102 e. The van der Waals surface area contributed by atoms with Crippen LogP contribution in [0.1, 0.15) is 79.0 Å². The van der Waals surface area contributed by atoms with Crippen molar-refractivity contribution in [3.8, 4) is 0 Å². The lowest BCUT2D eigenvalue weighted by Gasteiger charge is -2.35. The topological polar surface area (TPSA) is 0 Å². The third-order valence-corrected chi connectivity index (χ3v) is 8.66. The molecule has 0 radical (unpaired) electrons. The van der Waals surface area contributed by atoms with Crippen LogP contribution in [0.15, 0.2) is 12.1 Å². The molecule has 1 rings (SSSR count). The number of benzene rings is 1. The molecule has 0 spiro atoms. The summed E-state index contributed by atoms with van der Waals surface area (Å²) in [6.07, 6.45) is 0. The van der Waals surface area contributed by atoms with Crippen LogP contribution < -0.4 is 5.30 Å². The zero-order valence-electron chi connectivity index (χ0n) is 17.7. The Morgan fingerprint density at radius 2 is 1.00 bits per heavy atom. The van der Waals surface area contributed by atoms with E-state index < -0.39 is 7.74 Å². The molecule has 0 amide bonds. The maximum Gasteiger partial charge on any atom is 0.0737 e. The summed E-state index contributed by atoms with van der Waals surface area (Å²) < 4.78 is 0. The Morgan fingerprint density at radius 3 is 1.22 bits per heavy atom. The molecule has 0 aliphatic rings. The Bertz CT molecular complexity index is 522. The van der Waals surface area contributed by atoms with E-state index >= 15 is 0 Å². The van der Waals surface area contributed by atoms with E-state index in [4.69, 9.17) is 0 Å². The molecule has 0 saturated heterocycles. The van der Waals surface area contributed by atoms with E-state index in [0.29, 0.717) is 0 Å². The van der Waals surface area contributed by atoms with Gasteiger partial charge in [0.05, 0.1) is 7.74 Å². The van der Waals surface area contributed by atoms with E-state index in [0.717, 1.165) is 8.13 Å². The second-order valence-electron chi connectivity index (χ2n) is 11.1. The molecule has 1 atom stereocenters. The lowest BCUT2D eigenvalue weighted by Crippen LogP contribution is -2.33. The van der Waals surface area contributed by atoms with Gasteiger partial charge in [0.1, 0.15) is 0 Å². The molecular formula is C21H39PSi. The van der Waals surface area contributed by atoms with Gasteiger partial charge in [-0.15, -0.1) is 8.13 Å². The highest BCUT2D eigenvalue weighted by Crippen LogP contribution is 2.39. The normalized spacial score (nSPS) is 14.8. The Morgan fingerprint density at radius 1 is 0.652 bits per heavy atom. The first-order valence-corrected chi connectivity index (χ1v) is 14.4. The lowest BCUT2D eigenvalue weighted by molar-refractivity contribution is 0.554. The summed E-state index contributed by atoms with van der Waals surface area (Å²) in [6, 6.07) is 5.02. The predicted octanol–water partition coefficient (Wildman–Crippen LogP) is 6.72. The monoisotopic (exact) mass is 350 g/mol. The van der Waals surface area contributed by atoms with E-state index in [9.17, 15) is 0 Å². The largest absolute Gasteiger partial charge is 0.102 e. The fourth-order valence-electron chi connectivity index (χ4n) is 2.77. The predicted molar refractivity (Wildman–Crippen MR) is 114 cm³/mol. The minimum atomic E-state index is -1.15. The van der Waals surface area contributed by atoms with Crippen LogP contribution in [0.2, 0.25) is 19.6 Å². The molecule has 2 heteroatoms. The third-order valence-electron chi connectivity index (χ3n) is 4.12. The molecule has 1 unspecified atom stereocenters. The van der Waals surface area contributed by atoms with Gasteiger partial charge in [0, 0.05) is 0 Å². The summed E-state index contributed by atoms with van der Waals surface area (Å²) in [5, 5.41) is 1.66. The van der Waals surface area contributed by atoms with Gasteiger partial charge < -0.3 is 0 Å². The van der Waals surface area contributed by atoms with Gasteiger partial charge in [0.25, 0.3) is 0 Å². The van der Waals surface area contributed by atoms with Gasteiger partial charge in [-0.3, -0.25) is 0 Å². The third kappa shape index (κ3) is 5.71. The van der Waals surface area contributed by atoms with Crippen LogP contribution >= 0.6 is 8.13 Å². The smallest absolute Gasteiger partial charge is 0.0737 e. The van der Waals surface area contributed by atoms with E-state index in [1.807, 2.05) is 0 Å². The molecule has 0 aromatic heterocycles. The first-order chi connectivity index (χ1) is 9.93. The van der Waals surface area contributed by atoms with Gasteiger partial charge in [-0.1, -0.05) is 94.1 Å². The number of hydrogen-bond donors (Lipinski definition) is 0. The molecule has 0 N–H and O–H groups in total. The first-order valence-electron chi connectivity index (χ1n) is 8.90. The zero-order valence-corrected chi connectivity index (χ0v) is 19.7. The first kappa shape index (κ1) is 20.9. The summed E-state index contributed by atoms with van der Waals surface area (Å²) in [7, 11) is -0.177. The van der Waals surface area contributed by atoms with Gasteiger partial charge in [-0.25, -0.2) is 0 Å². The quantitative estimate of drug-likeness (QED) is 0.410. The Labute approximate surface area is 148 Å². The van der Waals surface area contributed by atoms with Crippen LogP contribution in [0.3, 0.4) is 0 Å². The summed E-state index contributed by atoms with van der Waals surface area (Å²) in [5.74, 6) is 0. The van der Waals surface area contributed by atoms with Gasteiger partial charge in [-0.2, -0.15) is 0 Å². The second kappa shape index (κ2) is 6.30. The highest BCUT2D eigenvalue weighted by atomic mass is 31.3. The van der Waals surface area contributed by atoms with Crippen molar-refractivity contribution in [2.24, 2.45) is 0 Å². The molecule has 132 valence electrons. The van der Waals surface area contributed by atoms with Gasteiger partial charge in [0.15, 0.2) is 0 Å². The average Bonchev–Trinajstić information content (AvgIpc) is 2.21. The molecule has 23 heavy (non-hydrogen) atoms. The van der Waals surface area contributed by atoms with Crippen LogP contribution in [-0.2, 0) is 16.2 Å². The van der Waals surface area contributed by atoms with Gasteiger partial charge in [-0.05, 0) is 38.2 Å². The lowest BCUT2D eigenvalue weighted by atomic mass is 9.75. The molecule has 1 aromatic carbocycles. The number of hydrogen-bond acceptors (Lipinski definition) is 0. The SMILES string of the molecule is CC(C)(C)c1cc(C(C)(C)C)c(P[Si](C)(C)C)c(C(C)(C)C)c1. The van der Waals surface area contributed by atoms with Crippen LogP contribution in [-0.4, -0.2) is 7.74 Å². The minimum absolute atomic E-state index is 0.195. The molecule has 0 aliphatic heterocycles. The van der Waals surface area contributed by atoms with Crippen molar-refractivity contribution >= 4 is 21.2 Å². The van der Waals surface area contributed by atoms with Crippen molar-refractivity contribution in [2.45, 2.75) is 98.2 Å². The Balaban J connectivity index is 3.82. The summed E-state index contributed by atoms with van der Waals surface area (Å²) >= 11 is 0. The Kier molecular flexibility index (Phi) is 5.73. The molecule has 0 aliphatic carbocycles. The van der Waals surface area contributed by atoms with Crippen LogP contribution in [0.5, 0.6) is 0 Å². The summed E-state index contributed by atoms with van der Waals surface area (Å²) in [6.45, 7) is 28.8. The van der Waals surface area contributed by atoms with Gasteiger partial charge >= 0.3 is 0 Å². The second-order valence-corrected chi connectivity index (χ2v) is 21.6. The molecule has 0 nitrogen and oxygen atoms in total. The highest BCUT2D eigenvalue weighted by molar-refractivity contribution is 7.86. The van der Waals surface area contributed by atoms with Crippen molar-refractivity contribution in [3.63, 3.8) is 0 Å². The zero-order chi connectivity index (χ0) is 18.4. The van der Waals surface area contributed by atoms with E-state index in [1.54, 1.807) is 16.4 Å². The fourth-order valence-corrected chi connectivity index (χ4v) is 7.74. The van der Waals surface area contributed by atoms with Crippen molar-refractivity contribution in [2.75, 3.05) is 0 Å². The molecular weight excluding hydrogens is 311 g/mol. The van der Waals surface area contributed by atoms with Crippen molar-refractivity contribution in [1.82, 2.24) is 0 Å². The standard InChI is InChI=1S/C21H39PSi/c1-19(2,3)15-13-16(20(4,5)6)18(22-23(10,11)12)17(14-15)21(7,8)9/h13-14,22H,1-12H3. The van der Waals surface area contributed by atoms with Crippen molar-refractivity contribution < 1.29 is 0 Å². The molecule has 0 heterocycles. The summed E-state index contributed by atoms with van der Waals surface area (Å²) in [4.78, 5) is 0. The Hall–Kier alpha value is -0.133. The highest BCUT2D eigenvalue weighted by Gasteiger charge is 2.30. The van der Waals surface area contributed by atoms with Gasteiger partial charge in [0.2, 0.25) is 0 Å². The fraction of sp³-hybridized carbons (Fsp3) is 0.714. The van der Waals surface area contributed by atoms with Crippen LogP contribution in [0.4, 0.5) is 0 Å². The maximum atomic E-state index is 2.51. The van der Waals surface area contributed by atoms with Crippen LogP contribution in [0.25, 0.3) is 0 Å². The van der Waals surface area contributed by atoms with Crippen molar-refractivity contribution in [3.05, 3.63) is 28.8 Å². The molecule has 0 bridgehead atoms. The molecule has 1 aromatic rings. The van der Waals surface area contributed by atoms with E-state index in [1.165, 1.54) is 5.56 Å². The van der Waals surface area contributed by atoms with Crippen LogP contribution in [0, 0.1) is 0 Å². The molecule has 0 fully saturated rings. The average molecular weight is 351 g/mol. The van der Waals surface area contributed by atoms with E-state index in [-0.39, 0.29) is 16.2 Å². The van der Waals surface area contributed by atoms with Crippen molar-refractivity contribution in [1.29, 1.82) is 0 Å². The molecule has 0 saturated carbocycles. The maximum absolute atomic E-state index is 2.51. The summed E-state index contributed by atoms with van der Waals surface area (Å²) in [5.41, 5.74) is 5.23. The number of rotatable bonds is 2.